The summed E-state index contributed by atoms with van der Waals surface area (Å²) in [6.07, 6.45) is 41.1. The minimum atomic E-state index is -4.64. The van der Waals surface area contributed by atoms with Crippen LogP contribution in [0.15, 0.2) is 60.8 Å². The largest absolute Gasteiger partial charge is 0.756 e. The minimum absolute atomic E-state index is 0.0428. The first-order chi connectivity index (χ1) is 25.5. The van der Waals surface area contributed by atoms with Crippen LogP contribution in [-0.2, 0) is 32.7 Å². The van der Waals surface area contributed by atoms with Gasteiger partial charge in [-0.2, -0.15) is 0 Å². The highest BCUT2D eigenvalue weighted by Gasteiger charge is 2.21. The van der Waals surface area contributed by atoms with E-state index in [1.54, 1.807) is 0 Å². The molecule has 0 saturated carbocycles. The van der Waals surface area contributed by atoms with Gasteiger partial charge in [0.05, 0.1) is 27.7 Å². The van der Waals surface area contributed by atoms with Crippen molar-refractivity contribution in [2.45, 2.75) is 155 Å². The summed E-state index contributed by atoms with van der Waals surface area (Å²) in [5.74, 6) is -0.899. The Balaban J connectivity index is 4.50. The van der Waals surface area contributed by atoms with E-state index in [9.17, 15) is 19.0 Å². The Labute approximate surface area is 324 Å². The Morgan fingerprint density at radius 3 is 1.66 bits per heavy atom. The molecule has 0 aliphatic carbocycles. The van der Waals surface area contributed by atoms with Crippen LogP contribution in [0.2, 0.25) is 0 Å². The number of carbonyl (C=O) groups excluding carboxylic acids is 2. The van der Waals surface area contributed by atoms with Crippen molar-refractivity contribution in [1.29, 1.82) is 0 Å². The molecule has 9 nitrogen and oxygen atoms in total. The van der Waals surface area contributed by atoms with E-state index in [1.165, 1.54) is 38.5 Å². The highest BCUT2D eigenvalue weighted by atomic mass is 31.2. The van der Waals surface area contributed by atoms with Gasteiger partial charge in [0.15, 0.2) is 6.10 Å². The van der Waals surface area contributed by atoms with Gasteiger partial charge < -0.3 is 27.9 Å². The zero-order chi connectivity index (χ0) is 39.3. The molecule has 0 aromatic carbocycles. The molecule has 0 amide bonds. The number of hydrogen-bond acceptors (Lipinski definition) is 8. The van der Waals surface area contributed by atoms with Gasteiger partial charge in [0, 0.05) is 12.8 Å². The van der Waals surface area contributed by atoms with Crippen molar-refractivity contribution in [3.05, 3.63) is 60.8 Å². The molecule has 0 radical (unpaired) electrons. The second kappa shape index (κ2) is 35.4. The monoisotopic (exact) mass is 766 g/mol. The highest BCUT2D eigenvalue weighted by Crippen LogP contribution is 2.38. The van der Waals surface area contributed by atoms with Crippen molar-refractivity contribution < 1.29 is 42.1 Å². The number of carbonyl (C=O) groups is 2. The fourth-order valence-corrected chi connectivity index (χ4v) is 5.78. The Morgan fingerprint density at radius 1 is 0.604 bits per heavy atom. The van der Waals surface area contributed by atoms with E-state index in [-0.39, 0.29) is 26.1 Å². The Morgan fingerprint density at radius 2 is 1.08 bits per heavy atom. The molecule has 10 heteroatoms. The molecule has 0 spiro atoms. The summed E-state index contributed by atoms with van der Waals surface area (Å²) in [5.41, 5.74) is 0. The number of phosphoric acid groups is 1. The van der Waals surface area contributed by atoms with Crippen molar-refractivity contribution in [1.82, 2.24) is 0 Å². The summed E-state index contributed by atoms with van der Waals surface area (Å²) in [5, 5.41) is 0. The second-order valence-corrected chi connectivity index (χ2v) is 16.0. The first kappa shape index (κ1) is 50.7. The molecule has 0 N–H and O–H groups in total. The molecule has 53 heavy (non-hydrogen) atoms. The molecule has 2 atom stereocenters. The minimum Gasteiger partial charge on any atom is -0.756 e. The lowest BCUT2D eigenvalue weighted by Gasteiger charge is -2.28. The van der Waals surface area contributed by atoms with Gasteiger partial charge in [-0.15, -0.1) is 0 Å². The van der Waals surface area contributed by atoms with Crippen LogP contribution in [0.4, 0.5) is 0 Å². The van der Waals surface area contributed by atoms with E-state index >= 15 is 0 Å². The summed E-state index contributed by atoms with van der Waals surface area (Å²) < 4.78 is 33.8. The number of esters is 2. The molecule has 2 unspecified atom stereocenters. The second-order valence-electron chi connectivity index (χ2n) is 14.6. The average molecular weight is 766 g/mol. The van der Waals surface area contributed by atoms with Crippen LogP contribution in [0.1, 0.15) is 149 Å². The van der Waals surface area contributed by atoms with E-state index < -0.39 is 32.5 Å². The van der Waals surface area contributed by atoms with Crippen molar-refractivity contribution >= 4 is 19.8 Å². The van der Waals surface area contributed by atoms with E-state index in [0.29, 0.717) is 23.9 Å². The van der Waals surface area contributed by atoms with Crippen LogP contribution in [0.5, 0.6) is 0 Å². The van der Waals surface area contributed by atoms with E-state index in [1.807, 2.05) is 21.1 Å². The van der Waals surface area contributed by atoms with Crippen LogP contribution in [-0.4, -0.2) is 70.0 Å². The Kier molecular flexibility index (Phi) is 33.9. The van der Waals surface area contributed by atoms with Crippen molar-refractivity contribution in [3.63, 3.8) is 0 Å². The summed E-state index contributed by atoms with van der Waals surface area (Å²) >= 11 is 0. The van der Waals surface area contributed by atoms with Gasteiger partial charge in [0.2, 0.25) is 0 Å². The quantitative estimate of drug-likeness (QED) is 0.0204. The number of allylic oxidation sites excluding steroid dienone is 10. The maximum Gasteiger partial charge on any atom is 0.306 e. The molecular formula is C43H76NO8P. The van der Waals surface area contributed by atoms with Gasteiger partial charge in [-0.05, 0) is 77.0 Å². The van der Waals surface area contributed by atoms with Gasteiger partial charge in [0.25, 0.3) is 7.82 Å². The summed E-state index contributed by atoms with van der Waals surface area (Å²) in [6, 6.07) is 0. The van der Waals surface area contributed by atoms with Crippen LogP contribution in [0.25, 0.3) is 0 Å². The fraction of sp³-hybridized carbons (Fsp3) is 0.721. The molecule has 0 aliphatic heterocycles. The number of nitrogens with zero attached hydrogens (tertiary/aromatic N) is 1. The number of ether oxygens (including phenoxy) is 2. The number of rotatable bonds is 36. The third-order valence-electron chi connectivity index (χ3n) is 8.27. The van der Waals surface area contributed by atoms with E-state index in [4.69, 9.17) is 18.5 Å². The maximum atomic E-state index is 12.6. The van der Waals surface area contributed by atoms with Crippen LogP contribution < -0.4 is 4.89 Å². The lowest BCUT2D eigenvalue weighted by Crippen LogP contribution is -2.37. The number of hydrogen-bond donors (Lipinski definition) is 0. The molecular weight excluding hydrogens is 689 g/mol. The fourth-order valence-electron chi connectivity index (χ4n) is 5.05. The maximum absolute atomic E-state index is 12.6. The molecule has 0 aromatic rings. The predicted molar refractivity (Wildman–Crippen MR) is 217 cm³/mol. The van der Waals surface area contributed by atoms with E-state index in [2.05, 4.69) is 74.6 Å². The lowest BCUT2D eigenvalue weighted by molar-refractivity contribution is -0.870. The highest BCUT2D eigenvalue weighted by molar-refractivity contribution is 7.45. The molecule has 0 fully saturated rings. The van der Waals surface area contributed by atoms with Crippen LogP contribution >= 0.6 is 7.82 Å². The number of phosphoric ester groups is 1. The zero-order valence-corrected chi connectivity index (χ0v) is 35.1. The lowest BCUT2D eigenvalue weighted by atomic mass is 10.1. The van der Waals surface area contributed by atoms with Gasteiger partial charge >= 0.3 is 11.9 Å². The zero-order valence-electron chi connectivity index (χ0n) is 34.2. The van der Waals surface area contributed by atoms with Gasteiger partial charge in [-0.25, -0.2) is 0 Å². The molecule has 0 aromatic heterocycles. The third kappa shape index (κ3) is 39.2. The number of unbranched alkanes of at least 4 members (excludes halogenated alkanes) is 12. The standard InChI is InChI=1S/C43H76NO8P/c1-6-8-10-12-14-16-18-20-22-24-26-28-30-32-34-36-43(46)52-41(40-51-53(47,48)50-38-37-44(3,4)5)39-49-42(45)35-33-31-29-27-25-23-21-19-17-15-13-11-9-7-2/h8,10,14,16,19-22,26,28,41H,6-7,9,11-13,15,17-18,23-25,27,29-40H2,1-5H3/b10-8-,16-14-,21-19-,22-20-,28-26-. The molecule has 0 saturated heterocycles. The topological polar surface area (TPSA) is 111 Å². The third-order valence-corrected chi connectivity index (χ3v) is 9.24. The molecule has 0 bridgehead atoms. The summed E-state index contributed by atoms with van der Waals surface area (Å²) in [4.78, 5) is 37.4. The first-order valence-corrected chi connectivity index (χ1v) is 22.0. The van der Waals surface area contributed by atoms with Crippen LogP contribution in [0, 0.1) is 0 Å². The average Bonchev–Trinajstić information content (AvgIpc) is 3.10. The van der Waals surface area contributed by atoms with Crippen LogP contribution in [0.3, 0.4) is 0 Å². The SMILES string of the molecule is CC/C=C\C/C=C\C/C=C\C/C=C\CCCCC(=O)OC(COC(=O)CCCCCCC/C=C\CCCCCCC)COP(=O)([O-])OCC[N+](C)(C)C. The Hall–Kier alpha value is -2.29. The summed E-state index contributed by atoms with van der Waals surface area (Å²) in [7, 11) is 1.12. The first-order valence-electron chi connectivity index (χ1n) is 20.5. The molecule has 306 valence electrons. The van der Waals surface area contributed by atoms with E-state index in [0.717, 1.165) is 70.6 Å². The Bertz CT molecular complexity index is 1090. The predicted octanol–water partition coefficient (Wildman–Crippen LogP) is 10.7. The molecule has 0 rings (SSSR count). The van der Waals surface area contributed by atoms with Gasteiger partial charge in [-0.1, -0.05) is 120 Å². The molecule has 0 heterocycles. The van der Waals surface area contributed by atoms with Gasteiger partial charge in [0.1, 0.15) is 19.8 Å². The number of likely N-dealkylation sites (N-methyl/N-ethyl adjacent to an activating group) is 1. The van der Waals surface area contributed by atoms with Crippen molar-refractivity contribution in [2.24, 2.45) is 0 Å². The normalized spacial score (nSPS) is 14.3. The smallest absolute Gasteiger partial charge is 0.306 e. The molecule has 0 aliphatic rings. The number of quaternary nitrogens is 1. The van der Waals surface area contributed by atoms with Gasteiger partial charge in [-0.3, -0.25) is 14.2 Å². The van der Waals surface area contributed by atoms with Crippen molar-refractivity contribution in [3.8, 4) is 0 Å². The van der Waals surface area contributed by atoms with Crippen molar-refractivity contribution in [2.75, 3.05) is 47.5 Å². The summed E-state index contributed by atoms with van der Waals surface area (Å²) in [6.45, 7) is 4.02.